The highest BCUT2D eigenvalue weighted by Crippen LogP contribution is 2.30. The summed E-state index contributed by atoms with van der Waals surface area (Å²) in [4.78, 5) is 26.2. The highest BCUT2D eigenvalue weighted by molar-refractivity contribution is 6.33. The summed E-state index contributed by atoms with van der Waals surface area (Å²) in [5, 5.41) is 6.11. The lowest BCUT2D eigenvalue weighted by molar-refractivity contribution is -0.115. The Hall–Kier alpha value is -1.79. The zero-order chi connectivity index (χ0) is 17.8. The number of halogens is 1. The molecule has 2 N–H and O–H groups in total. The van der Waals surface area contributed by atoms with Gasteiger partial charge in [0.2, 0.25) is 5.91 Å². The monoisotopic (exact) mass is 365 g/mol. The second-order valence-electron chi connectivity index (χ2n) is 6.48. The van der Waals surface area contributed by atoms with Gasteiger partial charge in [0.1, 0.15) is 0 Å². The summed E-state index contributed by atoms with van der Waals surface area (Å²) in [6.07, 6.45) is 4.78. The molecule has 1 aromatic carbocycles. The Morgan fingerprint density at radius 2 is 2.08 bits per heavy atom. The molecule has 1 saturated carbocycles. The number of benzene rings is 1. The predicted octanol–water partition coefficient (Wildman–Crippen LogP) is 3.86. The van der Waals surface area contributed by atoms with Gasteiger partial charge in [0.15, 0.2) is 0 Å². The molecule has 2 fully saturated rings. The molecular weight excluding hydrogens is 342 g/mol. The second-order valence-corrected chi connectivity index (χ2v) is 6.89. The fourth-order valence-electron chi connectivity index (χ4n) is 3.48. The predicted molar refractivity (Wildman–Crippen MR) is 98.1 cm³/mol. The molecule has 2 atom stereocenters. The third kappa shape index (κ3) is 4.25. The molecule has 25 heavy (non-hydrogen) atoms. The first-order chi connectivity index (χ1) is 12.1. The number of urea groups is 1. The van der Waals surface area contributed by atoms with Gasteiger partial charge in [-0.15, -0.1) is 0 Å². The molecule has 0 aromatic heterocycles. The molecule has 1 aliphatic carbocycles. The van der Waals surface area contributed by atoms with Crippen molar-refractivity contribution in [2.45, 2.75) is 51.2 Å². The zero-order valence-corrected chi connectivity index (χ0v) is 15.1. The van der Waals surface area contributed by atoms with Gasteiger partial charge in [-0.1, -0.05) is 31.4 Å². The van der Waals surface area contributed by atoms with E-state index in [-0.39, 0.29) is 24.1 Å². The second kappa shape index (κ2) is 8.06. The largest absolute Gasteiger partial charge is 0.374 e. The average molecular weight is 366 g/mol. The van der Waals surface area contributed by atoms with E-state index >= 15 is 0 Å². The molecule has 136 valence electrons. The number of ether oxygens (including phenoxy) is 1. The lowest BCUT2D eigenvalue weighted by Gasteiger charge is -2.43. The summed E-state index contributed by atoms with van der Waals surface area (Å²) in [6.45, 7) is 2.93. The normalized spacial score (nSPS) is 22.9. The van der Waals surface area contributed by atoms with Crippen LogP contribution in [0.3, 0.4) is 0 Å². The minimum absolute atomic E-state index is 0.0853. The van der Waals surface area contributed by atoms with Gasteiger partial charge in [0.05, 0.1) is 29.5 Å². The Kier molecular flexibility index (Phi) is 5.81. The van der Waals surface area contributed by atoms with Gasteiger partial charge in [-0.25, -0.2) is 4.79 Å². The van der Waals surface area contributed by atoms with Crippen LogP contribution in [0.4, 0.5) is 16.2 Å². The van der Waals surface area contributed by atoms with Crippen LogP contribution in [0.1, 0.15) is 39.0 Å². The minimum Gasteiger partial charge on any atom is -0.374 e. The number of nitrogens with zero attached hydrogens (tertiary/aromatic N) is 1. The van der Waals surface area contributed by atoms with E-state index < -0.39 is 0 Å². The van der Waals surface area contributed by atoms with Gasteiger partial charge in [0, 0.05) is 18.7 Å². The van der Waals surface area contributed by atoms with E-state index in [9.17, 15) is 9.59 Å². The van der Waals surface area contributed by atoms with Crippen LogP contribution in [0, 0.1) is 0 Å². The van der Waals surface area contributed by atoms with Crippen molar-refractivity contribution < 1.29 is 14.3 Å². The summed E-state index contributed by atoms with van der Waals surface area (Å²) in [5.41, 5.74) is 1.11. The van der Waals surface area contributed by atoms with Gasteiger partial charge >= 0.3 is 6.03 Å². The topological polar surface area (TPSA) is 70.7 Å². The van der Waals surface area contributed by atoms with E-state index in [1.165, 1.54) is 0 Å². The quantitative estimate of drug-likeness (QED) is 0.854. The van der Waals surface area contributed by atoms with Crippen LogP contribution in [0.5, 0.6) is 0 Å². The molecule has 1 aromatic rings. The van der Waals surface area contributed by atoms with Crippen LogP contribution in [-0.2, 0) is 9.53 Å². The van der Waals surface area contributed by atoms with Crippen molar-refractivity contribution in [2.24, 2.45) is 0 Å². The average Bonchev–Trinajstić information content (AvgIpc) is 2.63. The third-order valence-electron chi connectivity index (χ3n) is 4.81. The van der Waals surface area contributed by atoms with Gasteiger partial charge in [0.25, 0.3) is 0 Å². The van der Waals surface area contributed by atoms with Gasteiger partial charge in [-0.2, -0.15) is 0 Å². The summed E-state index contributed by atoms with van der Waals surface area (Å²) in [7, 11) is 0. The van der Waals surface area contributed by atoms with E-state index in [0.717, 1.165) is 25.7 Å². The highest BCUT2D eigenvalue weighted by Gasteiger charge is 2.36. The van der Waals surface area contributed by atoms with E-state index in [0.29, 0.717) is 36.0 Å². The number of rotatable bonds is 3. The number of anilines is 2. The van der Waals surface area contributed by atoms with Crippen molar-refractivity contribution in [1.29, 1.82) is 0 Å². The molecule has 0 bridgehead atoms. The summed E-state index contributed by atoms with van der Waals surface area (Å²) < 4.78 is 5.82. The molecule has 2 unspecified atom stereocenters. The fourth-order valence-corrected chi connectivity index (χ4v) is 3.65. The number of hydrogen-bond donors (Lipinski definition) is 2. The lowest BCUT2D eigenvalue weighted by atomic mass is 9.90. The van der Waals surface area contributed by atoms with Crippen LogP contribution >= 0.6 is 11.6 Å². The molecule has 7 heteroatoms. The fraction of sp³-hybridized carbons (Fsp3) is 0.556. The molecule has 1 saturated heterocycles. The zero-order valence-electron chi connectivity index (χ0n) is 14.4. The van der Waals surface area contributed by atoms with Crippen molar-refractivity contribution in [3.8, 4) is 0 Å². The third-order valence-corrected chi connectivity index (χ3v) is 5.14. The first kappa shape index (κ1) is 18.0. The van der Waals surface area contributed by atoms with Gasteiger partial charge in [-0.3, -0.25) is 4.79 Å². The molecule has 1 heterocycles. The SMILES string of the molecule is CCC(=O)Nc1ccc(Cl)c(NC(=O)N2CCOC3CCCCC32)c1. The standard InChI is InChI=1S/C18H24ClN3O3/c1-2-17(23)20-12-7-8-13(19)14(11-12)21-18(24)22-9-10-25-16-6-4-3-5-15(16)22/h7-8,11,15-16H,2-6,9-10H2,1H3,(H,20,23)(H,21,24). The van der Waals surface area contributed by atoms with Crippen molar-refractivity contribution in [3.05, 3.63) is 23.2 Å². The van der Waals surface area contributed by atoms with E-state index in [2.05, 4.69) is 10.6 Å². The molecular formula is C18H24ClN3O3. The van der Waals surface area contributed by atoms with Crippen LogP contribution in [0.25, 0.3) is 0 Å². The van der Waals surface area contributed by atoms with E-state index in [1.807, 2.05) is 4.90 Å². The van der Waals surface area contributed by atoms with E-state index in [4.69, 9.17) is 16.3 Å². The van der Waals surface area contributed by atoms with Crippen molar-refractivity contribution in [3.63, 3.8) is 0 Å². The molecule has 6 nitrogen and oxygen atoms in total. The van der Waals surface area contributed by atoms with Crippen molar-refractivity contribution in [1.82, 2.24) is 4.90 Å². The van der Waals surface area contributed by atoms with Crippen LogP contribution in [-0.4, -0.2) is 42.1 Å². The van der Waals surface area contributed by atoms with Crippen molar-refractivity contribution in [2.75, 3.05) is 23.8 Å². The number of morpholine rings is 1. The van der Waals surface area contributed by atoms with Crippen LogP contribution in [0.15, 0.2) is 18.2 Å². The Morgan fingerprint density at radius 3 is 2.88 bits per heavy atom. The molecule has 2 aliphatic rings. The Bertz CT molecular complexity index is 650. The first-order valence-corrected chi connectivity index (χ1v) is 9.25. The molecule has 0 spiro atoms. The molecule has 1 aliphatic heterocycles. The Balaban J connectivity index is 1.71. The summed E-state index contributed by atoms with van der Waals surface area (Å²) >= 11 is 6.22. The van der Waals surface area contributed by atoms with Crippen LogP contribution < -0.4 is 10.6 Å². The number of carbonyl (C=O) groups is 2. The lowest BCUT2D eigenvalue weighted by Crippen LogP contribution is -2.56. The van der Waals surface area contributed by atoms with Gasteiger partial charge in [-0.05, 0) is 31.0 Å². The summed E-state index contributed by atoms with van der Waals surface area (Å²) in [5.74, 6) is -0.0853. The van der Waals surface area contributed by atoms with Crippen molar-refractivity contribution >= 4 is 34.9 Å². The molecule has 3 rings (SSSR count). The number of nitrogens with one attached hydrogen (secondary N) is 2. The maximum Gasteiger partial charge on any atom is 0.322 e. The number of hydrogen-bond acceptors (Lipinski definition) is 3. The number of fused-ring (bicyclic) bond motifs is 1. The van der Waals surface area contributed by atoms with Gasteiger partial charge < -0.3 is 20.3 Å². The van der Waals surface area contributed by atoms with E-state index in [1.54, 1.807) is 25.1 Å². The Labute approximate surface area is 152 Å². The van der Waals surface area contributed by atoms with Crippen LogP contribution in [0.2, 0.25) is 5.02 Å². The summed E-state index contributed by atoms with van der Waals surface area (Å²) in [6, 6.07) is 5.04. The number of amides is 3. The maximum absolute atomic E-state index is 12.8. The smallest absolute Gasteiger partial charge is 0.322 e. The molecule has 0 radical (unpaired) electrons. The molecule has 3 amide bonds. The number of carbonyl (C=O) groups excluding carboxylic acids is 2. The highest BCUT2D eigenvalue weighted by atomic mass is 35.5. The maximum atomic E-state index is 12.8. The first-order valence-electron chi connectivity index (χ1n) is 8.87. The minimum atomic E-state index is -0.166. The Morgan fingerprint density at radius 1 is 1.28 bits per heavy atom.